The first-order chi connectivity index (χ1) is 14.7. The molecule has 0 N–H and O–H groups in total. The fraction of sp³-hybridized carbons (Fsp3) is 0.208. The van der Waals surface area contributed by atoms with Crippen molar-refractivity contribution in [2.24, 2.45) is 0 Å². The minimum atomic E-state index is -0.224. The van der Waals surface area contributed by atoms with Crippen molar-refractivity contribution >= 4 is 28.3 Å². The number of carbonyl (C=O) groups is 1. The standard InChI is InChI=1S/C24H20ClN3O2/c25-20-9-5-8-18(15-20)22-26-23(30-27-22)21-10-3-4-13-28(21)24(29)19-12-11-16-6-1-2-7-17(16)14-19/h1-2,5-9,11-12,14-15,21H,3-4,10,13H2. The molecule has 1 fully saturated rings. The third-order valence-corrected chi connectivity index (χ3v) is 5.80. The van der Waals surface area contributed by atoms with Gasteiger partial charge in [-0.25, -0.2) is 0 Å². The summed E-state index contributed by atoms with van der Waals surface area (Å²) < 4.78 is 5.59. The second-order valence-corrected chi connectivity index (χ2v) is 7.98. The molecule has 1 unspecified atom stereocenters. The zero-order chi connectivity index (χ0) is 20.5. The van der Waals surface area contributed by atoms with Gasteiger partial charge in [-0.05, 0) is 54.3 Å². The van der Waals surface area contributed by atoms with E-state index in [4.69, 9.17) is 16.1 Å². The molecule has 5 rings (SSSR count). The second-order valence-electron chi connectivity index (χ2n) is 7.54. The Labute approximate surface area is 179 Å². The molecule has 1 amide bonds. The first kappa shape index (κ1) is 18.8. The molecular formula is C24H20ClN3O2. The number of hydrogen-bond donors (Lipinski definition) is 0. The minimum Gasteiger partial charge on any atom is -0.337 e. The molecule has 0 radical (unpaired) electrons. The van der Waals surface area contributed by atoms with Crippen LogP contribution in [-0.2, 0) is 0 Å². The van der Waals surface area contributed by atoms with Crippen LogP contribution < -0.4 is 0 Å². The van der Waals surface area contributed by atoms with E-state index in [-0.39, 0.29) is 11.9 Å². The maximum absolute atomic E-state index is 13.4. The molecule has 0 spiro atoms. The van der Waals surface area contributed by atoms with Gasteiger partial charge in [-0.2, -0.15) is 4.98 Å². The van der Waals surface area contributed by atoms with Crippen LogP contribution in [0.1, 0.15) is 41.6 Å². The number of piperidine rings is 1. The molecule has 0 aliphatic carbocycles. The van der Waals surface area contributed by atoms with Crippen LogP contribution in [0.3, 0.4) is 0 Å². The number of hydrogen-bond acceptors (Lipinski definition) is 4. The van der Waals surface area contributed by atoms with E-state index in [1.165, 1.54) is 0 Å². The van der Waals surface area contributed by atoms with E-state index in [1.54, 1.807) is 12.1 Å². The number of benzene rings is 3. The van der Waals surface area contributed by atoms with Crippen LogP contribution in [0.25, 0.3) is 22.2 Å². The fourth-order valence-corrected chi connectivity index (χ4v) is 4.23. The molecule has 1 aromatic heterocycles. The van der Waals surface area contributed by atoms with E-state index < -0.39 is 0 Å². The second kappa shape index (κ2) is 7.92. The van der Waals surface area contributed by atoms with Gasteiger partial charge in [-0.1, -0.05) is 59.2 Å². The van der Waals surface area contributed by atoms with Crippen molar-refractivity contribution in [2.75, 3.05) is 6.54 Å². The lowest BCUT2D eigenvalue weighted by atomic mass is 9.99. The summed E-state index contributed by atoms with van der Waals surface area (Å²) >= 11 is 6.09. The molecule has 1 aliphatic rings. The van der Waals surface area contributed by atoms with Gasteiger partial charge in [0, 0.05) is 22.7 Å². The summed E-state index contributed by atoms with van der Waals surface area (Å²) in [5, 5.41) is 6.91. The number of rotatable bonds is 3. The van der Waals surface area contributed by atoms with E-state index in [0.717, 1.165) is 35.6 Å². The van der Waals surface area contributed by atoms with Crippen molar-refractivity contribution in [3.63, 3.8) is 0 Å². The number of halogens is 1. The van der Waals surface area contributed by atoms with Crippen molar-refractivity contribution < 1.29 is 9.32 Å². The van der Waals surface area contributed by atoms with Gasteiger partial charge in [-0.3, -0.25) is 4.79 Å². The third kappa shape index (κ3) is 3.57. The Morgan fingerprint density at radius 3 is 2.73 bits per heavy atom. The molecule has 1 atom stereocenters. The molecule has 150 valence electrons. The van der Waals surface area contributed by atoms with Crippen LogP contribution in [0.5, 0.6) is 0 Å². The van der Waals surface area contributed by atoms with Crippen LogP contribution in [-0.4, -0.2) is 27.5 Å². The summed E-state index contributed by atoms with van der Waals surface area (Å²) in [5.41, 5.74) is 1.47. The smallest absolute Gasteiger partial charge is 0.254 e. The molecule has 0 bridgehead atoms. The summed E-state index contributed by atoms with van der Waals surface area (Å²) in [5.74, 6) is 0.947. The Hall–Kier alpha value is -3.18. The summed E-state index contributed by atoms with van der Waals surface area (Å²) in [4.78, 5) is 19.8. The number of fused-ring (bicyclic) bond motifs is 1. The van der Waals surface area contributed by atoms with E-state index in [2.05, 4.69) is 10.1 Å². The summed E-state index contributed by atoms with van der Waals surface area (Å²) in [6.07, 6.45) is 2.78. The van der Waals surface area contributed by atoms with Crippen LogP contribution >= 0.6 is 11.6 Å². The minimum absolute atomic E-state index is 0.00652. The molecule has 3 aromatic carbocycles. The lowest BCUT2D eigenvalue weighted by Gasteiger charge is -2.33. The van der Waals surface area contributed by atoms with E-state index in [1.807, 2.05) is 59.5 Å². The van der Waals surface area contributed by atoms with Gasteiger partial charge in [0.15, 0.2) is 0 Å². The molecule has 4 aromatic rings. The average molecular weight is 418 g/mol. The largest absolute Gasteiger partial charge is 0.337 e. The maximum atomic E-state index is 13.4. The topological polar surface area (TPSA) is 59.2 Å². The average Bonchev–Trinajstić information content (AvgIpc) is 3.28. The van der Waals surface area contributed by atoms with E-state index in [9.17, 15) is 4.79 Å². The highest BCUT2D eigenvalue weighted by molar-refractivity contribution is 6.30. The Kier molecular flexibility index (Phi) is 4.97. The van der Waals surface area contributed by atoms with Crippen LogP contribution in [0.2, 0.25) is 5.02 Å². The van der Waals surface area contributed by atoms with Crippen LogP contribution in [0.15, 0.2) is 71.3 Å². The summed E-state index contributed by atoms with van der Waals surface area (Å²) in [6, 6.07) is 21.0. The monoisotopic (exact) mass is 417 g/mol. The van der Waals surface area contributed by atoms with Gasteiger partial charge in [0.25, 0.3) is 5.91 Å². The van der Waals surface area contributed by atoms with Crippen molar-refractivity contribution in [1.29, 1.82) is 0 Å². The predicted octanol–water partition coefficient (Wildman–Crippen LogP) is 5.91. The van der Waals surface area contributed by atoms with Gasteiger partial charge in [0.1, 0.15) is 6.04 Å². The Morgan fingerprint density at radius 1 is 1.00 bits per heavy atom. The zero-order valence-electron chi connectivity index (χ0n) is 16.3. The van der Waals surface area contributed by atoms with Gasteiger partial charge in [-0.15, -0.1) is 0 Å². The SMILES string of the molecule is O=C(c1ccc2ccccc2c1)N1CCCCC1c1nc(-c2cccc(Cl)c2)no1. The molecule has 1 aliphatic heterocycles. The van der Waals surface area contributed by atoms with Gasteiger partial charge < -0.3 is 9.42 Å². The Morgan fingerprint density at radius 2 is 1.87 bits per heavy atom. The number of likely N-dealkylation sites (tertiary alicyclic amines) is 1. The fourth-order valence-electron chi connectivity index (χ4n) is 4.03. The highest BCUT2D eigenvalue weighted by Crippen LogP contribution is 2.33. The predicted molar refractivity (Wildman–Crippen MR) is 116 cm³/mol. The van der Waals surface area contributed by atoms with Crippen molar-refractivity contribution in [3.05, 3.63) is 83.2 Å². The lowest BCUT2D eigenvalue weighted by molar-refractivity contribution is 0.0561. The van der Waals surface area contributed by atoms with Crippen LogP contribution in [0, 0.1) is 0 Å². The van der Waals surface area contributed by atoms with Gasteiger partial charge >= 0.3 is 0 Å². The number of aromatic nitrogens is 2. The highest BCUT2D eigenvalue weighted by Gasteiger charge is 2.33. The maximum Gasteiger partial charge on any atom is 0.254 e. The van der Waals surface area contributed by atoms with Crippen molar-refractivity contribution in [1.82, 2.24) is 15.0 Å². The summed E-state index contributed by atoms with van der Waals surface area (Å²) in [6.45, 7) is 0.672. The first-order valence-corrected chi connectivity index (χ1v) is 10.5. The number of nitrogens with zero attached hydrogens (tertiary/aromatic N) is 3. The quantitative estimate of drug-likeness (QED) is 0.415. The van der Waals surface area contributed by atoms with Gasteiger partial charge in [0.05, 0.1) is 0 Å². The lowest BCUT2D eigenvalue weighted by Crippen LogP contribution is -2.38. The molecule has 1 saturated heterocycles. The molecule has 0 saturated carbocycles. The van der Waals surface area contributed by atoms with Crippen LogP contribution in [0.4, 0.5) is 0 Å². The Balaban J connectivity index is 1.45. The third-order valence-electron chi connectivity index (χ3n) is 5.57. The Bertz CT molecular complexity index is 1220. The van der Waals surface area contributed by atoms with Gasteiger partial charge in [0.2, 0.25) is 11.7 Å². The van der Waals surface area contributed by atoms with Crippen molar-refractivity contribution in [2.45, 2.75) is 25.3 Å². The number of amides is 1. The summed E-state index contributed by atoms with van der Waals surface area (Å²) in [7, 11) is 0. The normalized spacial score (nSPS) is 16.7. The molecule has 5 nitrogen and oxygen atoms in total. The van der Waals surface area contributed by atoms with E-state index in [0.29, 0.717) is 28.8 Å². The highest BCUT2D eigenvalue weighted by atomic mass is 35.5. The molecule has 30 heavy (non-hydrogen) atoms. The first-order valence-electron chi connectivity index (χ1n) is 10.1. The zero-order valence-corrected chi connectivity index (χ0v) is 17.0. The van der Waals surface area contributed by atoms with E-state index >= 15 is 0 Å². The molecular weight excluding hydrogens is 398 g/mol. The number of carbonyl (C=O) groups excluding carboxylic acids is 1. The molecule has 2 heterocycles. The molecule has 6 heteroatoms. The van der Waals surface area contributed by atoms with Crippen molar-refractivity contribution in [3.8, 4) is 11.4 Å².